The van der Waals surface area contributed by atoms with Gasteiger partial charge >= 0.3 is 0 Å². The summed E-state index contributed by atoms with van der Waals surface area (Å²) in [5.74, 6) is 7.33. The van der Waals surface area contributed by atoms with E-state index in [-0.39, 0.29) is 6.10 Å². The van der Waals surface area contributed by atoms with Gasteiger partial charge in [0.2, 0.25) is 0 Å². The molecular formula is C27H48O. The fraction of sp³-hybridized carbons (Fsp3) is 1.00. The average Bonchev–Trinajstić information content (AvgIpc) is 2.74. The number of unbranched alkanes of at least 4 members (excludes halogenated alkanes) is 2. The van der Waals surface area contributed by atoms with E-state index in [4.69, 9.17) is 0 Å². The van der Waals surface area contributed by atoms with E-state index in [0.29, 0.717) is 0 Å². The second-order valence-electron chi connectivity index (χ2n) is 11.5. The number of aliphatic hydroxyl groups excluding tert-OH is 1. The van der Waals surface area contributed by atoms with E-state index in [1.54, 1.807) is 51.4 Å². The third-order valence-electron chi connectivity index (χ3n) is 9.88. The van der Waals surface area contributed by atoms with Crippen LogP contribution in [0.1, 0.15) is 122 Å². The molecule has 0 aromatic rings. The van der Waals surface area contributed by atoms with Crippen LogP contribution in [0.5, 0.6) is 0 Å². The summed E-state index contributed by atoms with van der Waals surface area (Å²) >= 11 is 0. The molecule has 28 heavy (non-hydrogen) atoms. The van der Waals surface area contributed by atoms with Crippen LogP contribution in [0.15, 0.2) is 0 Å². The van der Waals surface area contributed by atoms with Crippen molar-refractivity contribution in [1.82, 2.24) is 0 Å². The molecule has 0 spiro atoms. The number of fused-ring (bicyclic) bond motifs is 1. The van der Waals surface area contributed by atoms with Gasteiger partial charge in [0.25, 0.3) is 0 Å². The van der Waals surface area contributed by atoms with Gasteiger partial charge in [0.15, 0.2) is 0 Å². The molecule has 0 heterocycles. The lowest BCUT2D eigenvalue weighted by Crippen LogP contribution is -2.37. The van der Waals surface area contributed by atoms with Gasteiger partial charge in [0.05, 0.1) is 6.10 Å². The molecule has 1 nitrogen and oxygen atoms in total. The Balaban J connectivity index is 1.19. The second kappa shape index (κ2) is 10.3. The van der Waals surface area contributed by atoms with E-state index in [1.165, 1.54) is 51.4 Å². The zero-order valence-corrected chi connectivity index (χ0v) is 18.8. The molecule has 4 unspecified atom stereocenters. The molecule has 0 amide bonds. The predicted molar refractivity (Wildman–Crippen MR) is 119 cm³/mol. The second-order valence-corrected chi connectivity index (χ2v) is 11.5. The third-order valence-corrected chi connectivity index (χ3v) is 9.88. The minimum absolute atomic E-state index is 0.0183. The summed E-state index contributed by atoms with van der Waals surface area (Å²) in [7, 11) is 0. The topological polar surface area (TPSA) is 20.2 Å². The number of aliphatic hydroxyl groups is 1. The Morgan fingerprint density at radius 1 is 0.536 bits per heavy atom. The molecule has 0 bridgehead atoms. The van der Waals surface area contributed by atoms with Crippen molar-refractivity contribution in [2.75, 3.05) is 0 Å². The maximum atomic E-state index is 9.84. The van der Waals surface area contributed by atoms with Crippen LogP contribution in [0.3, 0.4) is 0 Å². The highest BCUT2D eigenvalue weighted by Crippen LogP contribution is 2.51. The lowest BCUT2D eigenvalue weighted by atomic mass is 9.59. The molecule has 0 saturated heterocycles. The highest BCUT2D eigenvalue weighted by atomic mass is 16.3. The average molecular weight is 389 g/mol. The van der Waals surface area contributed by atoms with Gasteiger partial charge in [-0.3, -0.25) is 0 Å². The highest BCUT2D eigenvalue weighted by molar-refractivity contribution is 4.91. The molecule has 4 saturated carbocycles. The number of hydrogen-bond donors (Lipinski definition) is 1. The SMILES string of the molecule is CCCCCC1CCC(C2CCC3CC(C4CCC(O)CC4)CCC3C2)CC1. The van der Waals surface area contributed by atoms with Gasteiger partial charge in [-0.2, -0.15) is 0 Å². The van der Waals surface area contributed by atoms with Crippen molar-refractivity contribution < 1.29 is 5.11 Å². The monoisotopic (exact) mass is 388 g/mol. The Morgan fingerprint density at radius 2 is 0.964 bits per heavy atom. The zero-order chi connectivity index (χ0) is 19.3. The molecule has 162 valence electrons. The van der Waals surface area contributed by atoms with Gasteiger partial charge < -0.3 is 5.11 Å². The molecule has 4 atom stereocenters. The third kappa shape index (κ3) is 5.35. The lowest BCUT2D eigenvalue weighted by Gasteiger charge is -2.47. The maximum Gasteiger partial charge on any atom is 0.0540 e. The van der Waals surface area contributed by atoms with Crippen molar-refractivity contribution in [3.8, 4) is 0 Å². The first-order valence-corrected chi connectivity index (χ1v) is 13.4. The van der Waals surface area contributed by atoms with Crippen LogP contribution >= 0.6 is 0 Å². The Labute approximate surface area is 175 Å². The molecule has 0 aliphatic heterocycles. The van der Waals surface area contributed by atoms with Crippen molar-refractivity contribution in [3.05, 3.63) is 0 Å². The van der Waals surface area contributed by atoms with Crippen LogP contribution in [-0.2, 0) is 0 Å². The first-order valence-electron chi connectivity index (χ1n) is 13.4. The summed E-state index contributed by atoms with van der Waals surface area (Å²) in [4.78, 5) is 0. The summed E-state index contributed by atoms with van der Waals surface area (Å²) < 4.78 is 0. The highest BCUT2D eigenvalue weighted by Gasteiger charge is 2.40. The van der Waals surface area contributed by atoms with Crippen molar-refractivity contribution in [2.45, 2.75) is 129 Å². The fourth-order valence-electron chi connectivity index (χ4n) is 8.02. The number of rotatable bonds is 6. The summed E-state index contributed by atoms with van der Waals surface area (Å²) in [6, 6.07) is 0. The largest absolute Gasteiger partial charge is 0.393 e. The summed E-state index contributed by atoms with van der Waals surface area (Å²) in [5.41, 5.74) is 0. The van der Waals surface area contributed by atoms with E-state index < -0.39 is 0 Å². The summed E-state index contributed by atoms with van der Waals surface area (Å²) in [6.45, 7) is 2.33. The van der Waals surface area contributed by atoms with Crippen molar-refractivity contribution in [1.29, 1.82) is 0 Å². The van der Waals surface area contributed by atoms with E-state index in [9.17, 15) is 5.11 Å². The van der Waals surface area contributed by atoms with Crippen molar-refractivity contribution in [3.63, 3.8) is 0 Å². The predicted octanol–water partition coefficient (Wildman–Crippen LogP) is 7.76. The van der Waals surface area contributed by atoms with Crippen LogP contribution in [-0.4, -0.2) is 11.2 Å². The molecule has 0 aromatic heterocycles. The van der Waals surface area contributed by atoms with Gasteiger partial charge in [-0.05, 0) is 118 Å². The van der Waals surface area contributed by atoms with Gasteiger partial charge in [-0.15, -0.1) is 0 Å². The van der Waals surface area contributed by atoms with E-state index >= 15 is 0 Å². The smallest absolute Gasteiger partial charge is 0.0540 e. The Morgan fingerprint density at radius 3 is 1.46 bits per heavy atom. The minimum atomic E-state index is 0.0183. The van der Waals surface area contributed by atoms with Gasteiger partial charge in [0.1, 0.15) is 0 Å². The molecule has 1 N–H and O–H groups in total. The number of hydrogen-bond acceptors (Lipinski definition) is 1. The van der Waals surface area contributed by atoms with Crippen LogP contribution < -0.4 is 0 Å². The molecule has 4 fully saturated rings. The first-order chi connectivity index (χ1) is 13.7. The van der Waals surface area contributed by atoms with Crippen LogP contribution in [0.4, 0.5) is 0 Å². The van der Waals surface area contributed by atoms with Crippen LogP contribution in [0.2, 0.25) is 0 Å². The summed E-state index contributed by atoms with van der Waals surface area (Å²) in [5, 5.41) is 9.84. The quantitative estimate of drug-likeness (QED) is 0.461. The molecule has 0 aromatic carbocycles. The fourth-order valence-corrected chi connectivity index (χ4v) is 8.02. The summed E-state index contributed by atoms with van der Waals surface area (Å²) in [6.07, 6.45) is 26.2. The standard InChI is InChI=1S/C27H48O/c1-2-3-4-5-20-6-8-21(9-7-20)23-10-12-26-19-24(11-13-25(26)18-23)22-14-16-27(28)17-15-22/h20-28H,2-19H2,1H3. The zero-order valence-electron chi connectivity index (χ0n) is 18.8. The van der Waals surface area contributed by atoms with Crippen molar-refractivity contribution in [2.24, 2.45) is 41.4 Å². The van der Waals surface area contributed by atoms with Gasteiger partial charge in [-0.1, -0.05) is 45.4 Å². The van der Waals surface area contributed by atoms with Crippen molar-refractivity contribution >= 4 is 0 Å². The van der Waals surface area contributed by atoms with Gasteiger partial charge in [-0.25, -0.2) is 0 Å². The Bertz CT molecular complexity index is 443. The molecule has 4 aliphatic rings. The normalized spacial score (nSPS) is 44.8. The molecular weight excluding hydrogens is 340 g/mol. The molecule has 4 aliphatic carbocycles. The molecule has 4 rings (SSSR count). The Kier molecular flexibility index (Phi) is 7.81. The molecule has 0 radical (unpaired) electrons. The van der Waals surface area contributed by atoms with Crippen LogP contribution in [0.25, 0.3) is 0 Å². The van der Waals surface area contributed by atoms with Gasteiger partial charge in [0, 0.05) is 0 Å². The maximum absolute atomic E-state index is 9.84. The molecule has 1 heteroatoms. The van der Waals surface area contributed by atoms with E-state index in [1.807, 2.05) is 0 Å². The first kappa shape index (κ1) is 21.2. The Hall–Kier alpha value is -0.0400. The van der Waals surface area contributed by atoms with Crippen LogP contribution in [0, 0.1) is 41.4 Å². The lowest BCUT2D eigenvalue weighted by molar-refractivity contribution is 0.0269. The van der Waals surface area contributed by atoms with E-state index in [2.05, 4.69) is 6.92 Å². The minimum Gasteiger partial charge on any atom is -0.393 e. The van der Waals surface area contributed by atoms with E-state index in [0.717, 1.165) is 54.3 Å².